The lowest BCUT2D eigenvalue weighted by atomic mass is 9.97. The Balaban J connectivity index is 3.37. The third-order valence-electron chi connectivity index (χ3n) is 2.03. The van der Waals surface area contributed by atoms with E-state index in [1.54, 1.807) is 0 Å². The topological polar surface area (TPSA) is 25.8 Å². The molecule has 2 nitrogen and oxygen atoms in total. The summed E-state index contributed by atoms with van der Waals surface area (Å²) in [5.41, 5.74) is 1.95. The van der Waals surface area contributed by atoms with Crippen molar-refractivity contribution in [2.75, 3.05) is 0 Å². The van der Waals surface area contributed by atoms with Gasteiger partial charge in [0.05, 0.1) is 5.69 Å². The van der Waals surface area contributed by atoms with E-state index < -0.39 is 0 Å². The Labute approximate surface area is 94.7 Å². The minimum Gasteiger partial charge on any atom is -0.222 e. The highest BCUT2D eigenvalue weighted by Gasteiger charge is 2.17. The quantitative estimate of drug-likeness (QED) is 0.569. The van der Waals surface area contributed by atoms with Crippen molar-refractivity contribution in [3.8, 4) is 0 Å². The molecule has 0 amide bonds. The van der Waals surface area contributed by atoms with E-state index in [-0.39, 0.29) is 5.28 Å². The fourth-order valence-corrected chi connectivity index (χ4v) is 2.02. The number of hydrogen-bond donors (Lipinski definition) is 0. The predicted octanol–water partition coefficient (Wildman–Crippen LogP) is 4.03. The first kappa shape index (κ1) is 11.7. The first-order valence-electron chi connectivity index (χ1n) is 4.66. The van der Waals surface area contributed by atoms with Gasteiger partial charge >= 0.3 is 0 Å². The van der Waals surface area contributed by atoms with Crippen LogP contribution in [0, 0.1) is 0 Å². The maximum absolute atomic E-state index is 6.04. The molecule has 4 heteroatoms. The molecule has 0 atom stereocenters. The zero-order valence-electron chi connectivity index (χ0n) is 8.81. The molecule has 78 valence electrons. The monoisotopic (exact) mass is 232 g/mol. The Kier molecular flexibility index (Phi) is 3.73. The van der Waals surface area contributed by atoms with Crippen molar-refractivity contribution in [1.82, 2.24) is 9.97 Å². The van der Waals surface area contributed by atoms with Gasteiger partial charge in [-0.05, 0) is 23.4 Å². The Morgan fingerprint density at radius 1 is 0.929 bits per heavy atom. The molecule has 0 aliphatic rings. The van der Waals surface area contributed by atoms with Crippen LogP contribution >= 0.6 is 23.2 Å². The molecule has 0 unspecified atom stereocenters. The Bertz CT molecular complexity index is 335. The van der Waals surface area contributed by atoms with Crippen LogP contribution in [0.15, 0.2) is 0 Å². The molecule has 0 radical (unpaired) electrons. The summed E-state index contributed by atoms with van der Waals surface area (Å²) in [6.45, 7) is 8.29. The van der Waals surface area contributed by atoms with Gasteiger partial charge < -0.3 is 0 Å². The molecule has 1 heterocycles. The van der Waals surface area contributed by atoms with Crippen LogP contribution in [0.5, 0.6) is 0 Å². The molecule has 1 aromatic rings. The highest BCUT2D eigenvalue weighted by molar-refractivity contribution is 6.32. The molecule has 0 saturated heterocycles. The van der Waals surface area contributed by atoms with E-state index in [0.29, 0.717) is 17.0 Å². The van der Waals surface area contributed by atoms with Gasteiger partial charge in [0, 0.05) is 5.56 Å². The zero-order chi connectivity index (χ0) is 10.9. The summed E-state index contributed by atoms with van der Waals surface area (Å²) in [7, 11) is 0. The van der Waals surface area contributed by atoms with Gasteiger partial charge in [-0.3, -0.25) is 0 Å². The third kappa shape index (κ3) is 2.37. The average Bonchev–Trinajstić information content (AvgIpc) is 2.01. The highest BCUT2D eigenvalue weighted by Crippen LogP contribution is 2.30. The van der Waals surface area contributed by atoms with Gasteiger partial charge in [0.15, 0.2) is 0 Å². The van der Waals surface area contributed by atoms with Crippen molar-refractivity contribution in [3.05, 3.63) is 21.7 Å². The fourth-order valence-electron chi connectivity index (χ4n) is 1.41. The van der Waals surface area contributed by atoms with Gasteiger partial charge in [-0.25, -0.2) is 9.97 Å². The second kappa shape index (κ2) is 4.45. The van der Waals surface area contributed by atoms with E-state index >= 15 is 0 Å². The Morgan fingerprint density at radius 3 is 1.93 bits per heavy atom. The first-order chi connectivity index (χ1) is 6.43. The number of halogens is 2. The molecule has 0 fully saturated rings. The van der Waals surface area contributed by atoms with Gasteiger partial charge in [0.1, 0.15) is 5.15 Å². The third-order valence-corrected chi connectivity index (χ3v) is 2.48. The lowest BCUT2D eigenvalue weighted by molar-refractivity contribution is 0.747. The van der Waals surface area contributed by atoms with Gasteiger partial charge in [0.2, 0.25) is 5.28 Å². The van der Waals surface area contributed by atoms with E-state index in [2.05, 4.69) is 37.7 Å². The molecule has 14 heavy (non-hydrogen) atoms. The molecule has 0 N–H and O–H groups in total. The SMILES string of the molecule is CC(C)c1nc(Cl)nc(Cl)c1C(C)C. The minimum atomic E-state index is 0.225. The summed E-state index contributed by atoms with van der Waals surface area (Å²) in [6.07, 6.45) is 0. The van der Waals surface area contributed by atoms with Crippen LogP contribution in [0.4, 0.5) is 0 Å². The van der Waals surface area contributed by atoms with Crippen molar-refractivity contribution >= 4 is 23.2 Å². The van der Waals surface area contributed by atoms with Crippen LogP contribution in [-0.4, -0.2) is 9.97 Å². The van der Waals surface area contributed by atoms with Crippen molar-refractivity contribution < 1.29 is 0 Å². The van der Waals surface area contributed by atoms with E-state index in [9.17, 15) is 0 Å². The van der Waals surface area contributed by atoms with Crippen LogP contribution in [0.1, 0.15) is 50.8 Å². The number of aromatic nitrogens is 2. The summed E-state index contributed by atoms with van der Waals surface area (Å²) in [5, 5.41) is 0.701. The van der Waals surface area contributed by atoms with Gasteiger partial charge in [-0.1, -0.05) is 39.3 Å². The second-order valence-electron chi connectivity index (χ2n) is 3.89. The van der Waals surface area contributed by atoms with Gasteiger partial charge in [0.25, 0.3) is 0 Å². The molecule has 1 rings (SSSR count). The maximum Gasteiger partial charge on any atom is 0.224 e. The van der Waals surface area contributed by atoms with Crippen LogP contribution in [0.25, 0.3) is 0 Å². The molecular weight excluding hydrogens is 219 g/mol. The minimum absolute atomic E-state index is 0.225. The van der Waals surface area contributed by atoms with E-state index in [1.165, 1.54) is 0 Å². The molecule has 0 saturated carbocycles. The summed E-state index contributed by atoms with van der Waals surface area (Å²) < 4.78 is 0. The van der Waals surface area contributed by atoms with Crippen molar-refractivity contribution in [1.29, 1.82) is 0 Å². The molecule has 0 bridgehead atoms. The van der Waals surface area contributed by atoms with Crippen molar-refractivity contribution in [2.24, 2.45) is 0 Å². The normalized spacial score (nSPS) is 11.4. The number of rotatable bonds is 2. The molecule has 1 aromatic heterocycles. The number of nitrogens with zero attached hydrogens (tertiary/aromatic N) is 2. The van der Waals surface area contributed by atoms with Gasteiger partial charge in [-0.15, -0.1) is 0 Å². The predicted molar refractivity (Wildman–Crippen MR) is 60.2 cm³/mol. The van der Waals surface area contributed by atoms with Crippen LogP contribution in [-0.2, 0) is 0 Å². The van der Waals surface area contributed by atoms with Crippen LogP contribution in [0.2, 0.25) is 10.4 Å². The van der Waals surface area contributed by atoms with Crippen LogP contribution in [0.3, 0.4) is 0 Å². The second-order valence-corrected chi connectivity index (χ2v) is 4.59. The molecule has 0 aliphatic heterocycles. The maximum atomic E-state index is 6.04. The van der Waals surface area contributed by atoms with E-state index in [0.717, 1.165) is 11.3 Å². The molecule has 0 aromatic carbocycles. The molecule has 0 aliphatic carbocycles. The molecule has 0 spiro atoms. The lowest BCUT2D eigenvalue weighted by Gasteiger charge is -2.15. The summed E-state index contributed by atoms with van der Waals surface area (Å²) in [4.78, 5) is 8.18. The summed E-state index contributed by atoms with van der Waals surface area (Å²) in [5.74, 6) is 0.627. The van der Waals surface area contributed by atoms with Crippen LogP contribution < -0.4 is 0 Å². The van der Waals surface area contributed by atoms with E-state index in [1.807, 2.05) is 0 Å². The standard InChI is InChI=1S/C10H14Cl2N2/c1-5(2)7-8(6(3)4)13-10(12)14-9(7)11/h5-6H,1-4H3. The summed E-state index contributed by atoms with van der Waals surface area (Å²) in [6, 6.07) is 0. The first-order valence-corrected chi connectivity index (χ1v) is 5.42. The van der Waals surface area contributed by atoms with E-state index in [4.69, 9.17) is 23.2 Å². The Morgan fingerprint density at radius 2 is 1.50 bits per heavy atom. The van der Waals surface area contributed by atoms with Crippen molar-refractivity contribution in [2.45, 2.75) is 39.5 Å². The van der Waals surface area contributed by atoms with Crippen molar-refractivity contribution in [3.63, 3.8) is 0 Å². The Hall–Kier alpha value is -0.340. The average molecular weight is 233 g/mol. The molecular formula is C10H14Cl2N2. The smallest absolute Gasteiger partial charge is 0.222 e. The summed E-state index contributed by atoms with van der Waals surface area (Å²) >= 11 is 11.8. The van der Waals surface area contributed by atoms with Gasteiger partial charge in [-0.2, -0.15) is 0 Å². The zero-order valence-corrected chi connectivity index (χ0v) is 10.3. The highest BCUT2D eigenvalue weighted by atomic mass is 35.5. The number of hydrogen-bond acceptors (Lipinski definition) is 2. The largest absolute Gasteiger partial charge is 0.224 e. The lowest BCUT2D eigenvalue weighted by Crippen LogP contribution is -2.05. The fraction of sp³-hybridized carbons (Fsp3) is 0.600.